The van der Waals surface area contributed by atoms with Gasteiger partial charge in [-0.05, 0) is 26.3 Å². The molecular formula is C20H19ClF3N3O4. The van der Waals surface area contributed by atoms with E-state index < -0.39 is 47.4 Å². The van der Waals surface area contributed by atoms with Crippen molar-refractivity contribution in [3.63, 3.8) is 0 Å². The number of benzene rings is 1. The molecule has 1 aliphatic carbocycles. The first-order chi connectivity index (χ1) is 14.4. The lowest BCUT2D eigenvalue weighted by Crippen LogP contribution is -2.34. The van der Waals surface area contributed by atoms with Crippen molar-refractivity contribution in [2.24, 2.45) is 11.8 Å². The van der Waals surface area contributed by atoms with Gasteiger partial charge in [0.25, 0.3) is 0 Å². The van der Waals surface area contributed by atoms with E-state index in [1.165, 1.54) is 21.0 Å². The Labute approximate surface area is 180 Å². The monoisotopic (exact) mass is 457 g/mol. The van der Waals surface area contributed by atoms with Crippen molar-refractivity contribution in [2.45, 2.75) is 25.9 Å². The van der Waals surface area contributed by atoms with E-state index in [1.54, 1.807) is 0 Å². The summed E-state index contributed by atoms with van der Waals surface area (Å²) in [5, 5.41) is 8.65. The summed E-state index contributed by atoms with van der Waals surface area (Å²) in [6.07, 6.45) is 1.29. The molecule has 1 saturated carbocycles. The molecular weight excluding hydrogens is 439 g/mol. The van der Waals surface area contributed by atoms with Crippen LogP contribution in [0.4, 0.5) is 24.7 Å². The lowest BCUT2D eigenvalue weighted by Gasteiger charge is -2.29. The fourth-order valence-electron chi connectivity index (χ4n) is 3.12. The summed E-state index contributed by atoms with van der Waals surface area (Å²) in [4.78, 5) is 32.9. The van der Waals surface area contributed by atoms with Crippen LogP contribution >= 0.6 is 11.6 Å². The van der Waals surface area contributed by atoms with Gasteiger partial charge in [0, 0.05) is 12.0 Å². The fraction of sp³-hybridized carbons (Fsp3) is 0.400. The van der Waals surface area contributed by atoms with Gasteiger partial charge in [-0.15, -0.1) is 0 Å². The molecule has 0 bridgehead atoms. The summed E-state index contributed by atoms with van der Waals surface area (Å²) in [6.45, 7) is 2.11. The Kier molecular flexibility index (Phi) is 6.13. The van der Waals surface area contributed by atoms with Gasteiger partial charge in [0.1, 0.15) is 17.3 Å². The van der Waals surface area contributed by atoms with E-state index in [1.807, 2.05) is 0 Å². The molecule has 1 N–H and O–H groups in total. The van der Waals surface area contributed by atoms with E-state index in [0.717, 1.165) is 17.2 Å². The van der Waals surface area contributed by atoms with Crippen LogP contribution in [0.3, 0.4) is 0 Å². The first kappa shape index (κ1) is 22.8. The van der Waals surface area contributed by atoms with Crippen LogP contribution in [0.1, 0.15) is 30.8 Å². The number of ketones is 1. The maximum absolute atomic E-state index is 14.5. The Morgan fingerprint density at radius 1 is 1.29 bits per heavy atom. The highest BCUT2D eigenvalue weighted by Gasteiger charge is 2.49. The average molecular weight is 458 g/mol. The number of ether oxygens (including phenoxy) is 1. The van der Waals surface area contributed by atoms with Crippen molar-refractivity contribution < 1.29 is 32.6 Å². The normalized spacial score (nSPS) is 17.9. The Morgan fingerprint density at radius 3 is 2.52 bits per heavy atom. The van der Waals surface area contributed by atoms with E-state index >= 15 is 0 Å². The van der Waals surface area contributed by atoms with Crippen LogP contribution in [0.5, 0.6) is 5.88 Å². The summed E-state index contributed by atoms with van der Waals surface area (Å²) < 4.78 is 47.7. The number of anilines is 2. The number of hydrogen-bond donors (Lipinski definition) is 1. The molecule has 0 aliphatic heterocycles. The highest BCUT2D eigenvalue weighted by molar-refractivity contribution is 6.31. The van der Waals surface area contributed by atoms with Gasteiger partial charge >= 0.3 is 5.97 Å². The zero-order chi connectivity index (χ0) is 23.1. The molecule has 7 nitrogen and oxygen atoms in total. The minimum absolute atomic E-state index is 0.0775. The fourth-order valence-corrected chi connectivity index (χ4v) is 3.28. The number of aromatic nitrogens is 2. The van der Waals surface area contributed by atoms with Crippen LogP contribution in [0.25, 0.3) is 0 Å². The second kappa shape index (κ2) is 8.33. The molecule has 1 aromatic carbocycles. The number of nitrogens with zero attached hydrogens (tertiary/aromatic N) is 3. The number of halogens is 4. The molecule has 1 fully saturated rings. The Bertz CT molecular complexity index is 1050. The third-order valence-corrected chi connectivity index (χ3v) is 4.98. The molecule has 0 amide bonds. The standard InChI is InChI=1S/C20H19ClF3N3O4/c1-20(2,24)8-27(14-5-11(21)12(22)6-13(14)23)15-7-25-16(18(26-15)31-3)17(28)9-4-10(9)19(29)30/h5-7,9-10H,4,8H2,1-3H3,(H,29,30)/t9-,10-/m1/s1. The number of alkyl halides is 1. The first-order valence-corrected chi connectivity index (χ1v) is 9.59. The van der Waals surface area contributed by atoms with Crippen molar-refractivity contribution in [3.8, 4) is 5.88 Å². The van der Waals surface area contributed by atoms with E-state index in [0.29, 0.717) is 6.07 Å². The van der Waals surface area contributed by atoms with E-state index in [9.17, 15) is 22.8 Å². The summed E-state index contributed by atoms with van der Waals surface area (Å²) in [7, 11) is 1.23. The molecule has 1 aliphatic rings. The van der Waals surface area contributed by atoms with Gasteiger partial charge in [-0.3, -0.25) is 9.59 Å². The predicted molar refractivity (Wildman–Crippen MR) is 106 cm³/mol. The first-order valence-electron chi connectivity index (χ1n) is 9.22. The molecule has 0 saturated heterocycles. The minimum Gasteiger partial charge on any atom is -0.481 e. The molecule has 1 heterocycles. The highest BCUT2D eigenvalue weighted by Crippen LogP contribution is 2.42. The van der Waals surface area contributed by atoms with Gasteiger partial charge in [0.05, 0.1) is 36.5 Å². The molecule has 2 atom stereocenters. The number of carbonyl (C=O) groups is 2. The Balaban J connectivity index is 2.03. The maximum Gasteiger partial charge on any atom is 0.307 e. The van der Waals surface area contributed by atoms with Gasteiger partial charge in [0.15, 0.2) is 17.3 Å². The zero-order valence-corrected chi connectivity index (χ0v) is 17.6. The van der Waals surface area contributed by atoms with Crippen LogP contribution in [-0.4, -0.2) is 46.2 Å². The molecule has 0 spiro atoms. The van der Waals surface area contributed by atoms with Crippen molar-refractivity contribution in [3.05, 3.63) is 40.7 Å². The second-order valence-electron chi connectivity index (χ2n) is 7.76. The molecule has 0 radical (unpaired) electrons. The maximum atomic E-state index is 14.5. The van der Waals surface area contributed by atoms with Gasteiger partial charge in [-0.25, -0.2) is 18.2 Å². The third-order valence-electron chi connectivity index (χ3n) is 4.69. The van der Waals surface area contributed by atoms with Gasteiger partial charge in [-0.1, -0.05) is 11.6 Å². The lowest BCUT2D eigenvalue weighted by atomic mass is 10.1. The smallest absolute Gasteiger partial charge is 0.307 e. The van der Waals surface area contributed by atoms with Crippen LogP contribution < -0.4 is 9.64 Å². The van der Waals surface area contributed by atoms with Crippen molar-refractivity contribution in [1.29, 1.82) is 0 Å². The van der Waals surface area contributed by atoms with Gasteiger partial charge in [0.2, 0.25) is 5.88 Å². The van der Waals surface area contributed by atoms with E-state index in [-0.39, 0.29) is 34.5 Å². The quantitative estimate of drug-likeness (QED) is 0.469. The van der Waals surface area contributed by atoms with Crippen molar-refractivity contribution in [2.75, 3.05) is 18.6 Å². The van der Waals surface area contributed by atoms with E-state index in [4.69, 9.17) is 21.4 Å². The number of hydrogen-bond acceptors (Lipinski definition) is 6. The minimum atomic E-state index is -1.83. The van der Waals surface area contributed by atoms with Crippen molar-refractivity contribution >= 4 is 34.9 Å². The Hall–Kier alpha value is -2.88. The SMILES string of the molecule is COc1nc(N(CC(C)(C)F)c2cc(Cl)c(F)cc2F)cnc1C(=O)[C@@H]1C[C@H]1C(=O)O. The molecule has 1 aromatic heterocycles. The highest BCUT2D eigenvalue weighted by atomic mass is 35.5. The van der Waals surface area contributed by atoms with Crippen LogP contribution in [-0.2, 0) is 4.79 Å². The van der Waals surface area contributed by atoms with Gasteiger partial charge in [-0.2, -0.15) is 4.98 Å². The van der Waals surface area contributed by atoms with Crippen LogP contribution in [0.2, 0.25) is 5.02 Å². The number of methoxy groups -OCH3 is 1. The number of aliphatic carboxylic acids is 1. The molecule has 11 heteroatoms. The number of carboxylic acids is 1. The van der Waals surface area contributed by atoms with Gasteiger partial charge < -0.3 is 14.7 Å². The lowest BCUT2D eigenvalue weighted by molar-refractivity contribution is -0.138. The molecule has 2 aromatic rings. The number of carboxylic acid groups (broad SMARTS) is 1. The summed E-state index contributed by atoms with van der Waals surface area (Å²) in [6, 6.07) is 1.56. The summed E-state index contributed by atoms with van der Waals surface area (Å²) in [5.41, 5.74) is -2.27. The predicted octanol–water partition coefficient (Wildman–Crippen LogP) is 4.21. The zero-order valence-electron chi connectivity index (χ0n) is 16.8. The molecule has 31 heavy (non-hydrogen) atoms. The van der Waals surface area contributed by atoms with Crippen LogP contribution in [0, 0.1) is 23.5 Å². The number of Topliss-reactive ketones (excluding diaryl/α,β-unsaturated/α-hetero) is 1. The third kappa shape index (κ3) is 4.90. The second-order valence-corrected chi connectivity index (χ2v) is 8.17. The topological polar surface area (TPSA) is 92.6 Å². The molecule has 166 valence electrons. The van der Waals surface area contributed by atoms with E-state index in [2.05, 4.69) is 9.97 Å². The number of carbonyl (C=O) groups excluding carboxylic acids is 1. The molecule has 3 rings (SSSR count). The van der Waals surface area contributed by atoms with Crippen LogP contribution in [0.15, 0.2) is 18.3 Å². The average Bonchev–Trinajstić information content (AvgIpc) is 3.48. The largest absolute Gasteiger partial charge is 0.481 e. The van der Waals surface area contributed by atoms with Crippen molar-refractivity contribution in [1.82, 2.24) is 9.97 Å². The Morgan fingerprint density at radius 2 is 1.97 bits per heavy atom. The summed E-state index contributed by atoms with van der Waals surface area (Å²) in [5.74, 6) is -5.45. The number of rotatable bonds is 8. The summed E-state index contributed by atoms with van der Waals surface area (Å²) >= 11 is 5.78. The molecule has 0 unspecified atom stereocenters.